The van der Waals surface area contributed by atoms with E-state index in [1.807, 2.05) is 0 Å². The molecule has 1 aliphatic heterocycles. The fourth-order valence-electron chi connectivity index (χ4n) is 3.23. The summed E-state index contributed by atoms with van der Waals surface area (Å²) in [4.78, 5) is 24.1. The molecule has 1 amide bonds. The van der Waals surface area contributed by atoms with Crippen LogP contribution in [0.1, 0.15) is 40.5 Å². The third-order valence-corrected chi connectivity index (χ3v) is 6.60. The Kier molecular flexibility index (Phi) is 11.1. The Hall–Kier alpha value is -2.05. The van der Waals surface area contributed by atoms with E-state index in [-0.39, 0.29) is 12.2 Å². The average molecular weight is 519 g/mol. The van der Waals surface area contributed by atoms with Gasteiger partial charge in [0.05, 0.1) is 12.7 Å². The molecular formula is C22H35N2O10P. The Morgan fingerprint density at radius 1 is 1.11 bits per heavy atom. The van der Waals surface area contributed by atoms with E-state index in [1.165, 1.54) is 19.1 Å². The van der Waals surface area contributed by atoms with Crippen molar-refractivity contribution in [3.05, 3.63) is 30.3 Å². The number of nitrogens with one attached hydrogen (secondary N) is 2. The number of carbonyl (C=O) groups excluding carboxylic acids is 2. The lowest BCUT2D eigenvalue weighted by Gasteiger charge is -2.41. The maximum atomic E-state index is 13.5. The van der Waals surface area contributed by atoms with Gasteiger partial charge >= 0.3 is 13.7 Å². The normalized spacial score (nSPS) is 27.0. The van der Waals surface area contributed by atoms with Gasteiger partial charge < -0.3 is 34.6 Å². The van der Waals surface area contributed by atoms with Crippen molar-refractivity contribution in [3.63, 3.8) is 0 Å². The molecule has 0 radical (unpaired) electrons. The molecular weight excluding hydrogens is 483 g/mol. The third kappa shape index (κ3) is 8.84. The van der Waals surface area contributed by atoms with Gasteiger partial charge in [0.1, 0.15) is 36.1 Å². The van der Waals surface area contributed by atoms with Crippen molar-refractivity contribution in [1.29, 1.82) is 0 Å². The van der Waals surface area contributed by atoms with Crippen LogP contribution in [0.25, 0.3) is 0 Å². The molecule has 2 unspecified atom stereocenters. The topological polar surface area (TPSA) is 173 Å². The minimum atomic E-state index is -4.25. The van der Waals surface area contributed by atoms with Crippen molar-refractivity contribution >= 4 is 19.6 Å². The quantitative estimate of drug-likeness (QED) is 0.196. The van der Waals surface area contributed by atoms with Crippen LogP contribution < -0.4 is 14.9 Å². The van der Waals surface area contributed by atoms with Gasteiger partial charge in [0.25, 0.3) is 0 Å². The van der Waals surface area contributed by atoms with Crippen molar-refractivity contribution in [2.24, 2.45) is 0 Å². The van der Waals surface area contributed by atoms with Gasteiger partial charge in [-0.1, -0.05) is 25.1 Å². The van der Waals surface area contributed by atoms with Gasteiger partial charge in [-0.2, -0.15) is 5.09 Å². The monoisotopic (exact) mass is 518 g/mol. The first-order valence-electron chi connectivity index (χ1n) is 11.4. The standard InChI is InChI=1S/C22H35N2O10P/c1-5-9-17(25)23-18-20(27)19(26)16(33-22(18)29)12-31-35(30,34-15-10-7-6-8-11-15)24-14(4)21(28)32-13(2)3/h6-8,10-11,13-14,16,18-20,22,26-27,29H,5,9,12H2,1-4H3,(H,23,25)(H,24,30)/t14-,16+,18+,19+,20+,22?,35?/m0/s1. The van der Waals surface area contributed by atoms with Crippen LogP contribution in [0.15, 0.2) is 30.3 Å². The summed E-state index contributed by atoms with van der Waals surface area (Å²) in [6.07, 6.45) is -5.85. The smallest absolute Gasteiger partial charge is 0.459 e. The number of ether oxygens (including phenoxy) is 2. The first kappa shape index (κ1) is 29.2. The van der Waals surface area contributed by atoms with Crippen molar-refractivity contribution in [2.75, 3.05) is 6.61 Å². The molecule has 1 aliphatic rings. The van der Waals surface area contributed by atoms with Crippen LogP contribution in [0.3, 0.4) is 0 Å². The van der Waals surface area contributed by atoms with Crippen molar-refractivity contribution in [1.82, 2.24) is 10.4 Å². The van der Waals surface area contributed by atoms with Crippen LogP contribution in [-0.4, -0.2) is 76.6 Å². The minimum Gasteiger partial charge on any atom is -0.462 e. The highest BCUT2D eigenvalue weighted by Crippen LogP contribution is 2.45. The second kappa shape index (κ2) is 13.3. The zero-order valence-electron chi connectivity index (χ0n) is 20.2. The number of aliphatic hydroxyl groups is 3. The summed E-state index contributed by atoms with van der Waals surface area (Å²) in [6.45, 7) is 5.94. The minimum absolute atomic E-state index is 0.168. The second-order valence-electron chi connectivity index (χ2n) is 8.42. The van der Waals surface area contributed by atoms with Gasteiger partial charge in [-0.25, -0.2) is 4.57 Å². The van der Waals surface area contributed by atoms with Crippen LogP contribution in [0, 0.1) is 0 Å². The molecule has 0 aromatic heterocycles. The molecule has 1 fully saturated rings. The second-order valence-corrected chi connectivity index (χ2v) is 10.1. The van der Waals surface area contributed by atoms with E-state index >= 15 is 0 Å². The number of aliphatic hydroxyl groups excluding tert-OH is 3. The Morgan fingerprint density at radius 3 is 2.37 bits per heavy atom. The fourth-order valence-corrected chi connectivity index (χ4v) is 4.73. The molecule has 0 saturated carbocycles. The SMILES string of the molecule is CCCC(=O)N[C@H]1C(O)O[C@H](COP(=O)(N[C@@H](C)C(=O)OC(C)C)Oc2ccccc2)[C@@H](O)[C@@H]1O. The number of para-hydroxylation sites is 1. The van der Waals surface area contributed by atoms with Gasteiger partial charge in [0.15, 0.2) is 6.29 Å². The van der Waals surface area contributed by atoms with Gasteiger partial charge in [0, 0.05) is 6.42 Å². The highest BCUT2D eigenvalue weighted by Gasteiger charge is 2.46. The molecule has 198 valence electrons. The Morgan fingerprint density at radius 2 is 1.77 bits per heavy atom. The van der Waals surface area contributed by atoms with Crippen molar-refractivity contribution in [3.8, 4) is 5.75 Å². The molecule has 5 N–H and O–H groups in total. The summed E-state index contributed by atoms with van der Waals surface area (Å²) in [5.74, 6) is -0.934. The maximum absolute atomic E-state index is 13.5. The summed E-state index contributed by atoms with van der Waals surface area (Å²) in [5, 5.41) is 36.1. The molecule has 2 rings (SSSR count). The van der Waals surface area contributed by atoms with Gasteiger partial charge in [0.2, 0.25) is 5.91 Å². The van der Waals surface area contributed by atoms with Gasteiger partial charge in [-0.05, 0) is 39.3 Å². The number of esters is 1. The van der Waals surface area contributed by atoms with Crippen LogP contribution >= 0.6 is 7.75 Å². The Balaban J connectivity index is 2.11. The van der Waals surface area contributed by atoms with Gasteiger partial charge in [-0.3, -0.25) is 14.1 Å². The first-order valence-corrected chi connectivity index (χ1v) is 13.0. The van der Waals surface area contributed by atoms with E-state index < -0.39 is 69.0 Å². The lowest BCUT2D eigenvalue weighted by Crippen LogP contribution is -2.64. The molecule has 1 aromatic rings. The lowest BCUT2D eigenvalue weighted by atomic mass is 9.97. The molecule has 12 nitrogen and oxygen atoms in total. The lowest BCUT2D eigenvalue weighted by molar-refractivity contribution is -0.252. The number of rotatable bonds is 12. The third-order valence-electron chi connectivity index (χ3n) is 4.96. The average Bonchev–Trinajstić information content (AvgIpc) is 2.78. The molecule has 1 heterocycles. The van der Waals surface area contributed by atoms with Crippen molar-refractivity contribution < 1.29 is 48.0 Å². The number of carbonyl (C=O) groups is 2. The van der Waals surface area contributed by atoms with E-state index in [1.54, 1.807) is 39.0 Å². The maximum Gasteiger partial charge on any atom is 0.459 e. The first-order chi connectivity index (χ1) is 16.5. The zero-order valence-corrected chi connectivity index (χ0v) is 21.1. The molecule has 0 spiro atoms. The van der Waals surface area contributed by atoms with Crippen LogP contribution in [0.2, 0.25) is 0 Å². The summed E-state index contributed by atoms with van der Waals surface area (Å²) >= 11 is 0. The summed E-state index contributed by atoms with van der Waals surface area (Å²) in [7, 11) is -4.25. The number of hydrogen-bond acceptors (Lipinski definition) is 10. The molecule has 1 saturated heterocycles. The van der Waals surface area contributed by atoms with Crippen molar-refractivity contribution in [2.45, 2.75) is 83.3 Å². The fraction of sp³-hybridized carbons (Fsp3) is 0.636. The highest BCUT2D eigenvalue weighted by molar-refractivity contribution is 7.52. The van der Waals surface area contributed by atoms with Crippen LogP contribution in [0.4, 0.5) is 0 Å². The predicted molar refractivity (Wildman–Crippen MR) is 124 cm³/mol. The predicted octanol–water partition coefficient (Wildman–Crippen LogP) is 0.844. The van der Waals surface area contributed by atoms with E-state index in [0.29, 0.717) is 6.42 Å². The number of benzene rings is 1. The molecule has 13 heteroatoms. The number of amides is 1. The zero-order chi connectivity index (χ0) is 26.2. The Bertz CT molecular complexity index is 871. The molecule has 7 atom stereocenters. The highest BCUT2D eigenvalue weighted by atomic mass is 31.2. The summed E-state index contributed by atoms with van der Waals surface area (Å²) in [5.41, 5.74) is 0. The van der Waals surface area contributed by atoms with E-state index in [4.69, 9.17) is 18.5 Å². The van der Waals surface area contributed by atoms with E-state index in [2.05, 4.69) is 10.4 Å². The molecule has 0 bridgehead atoms. The molecule has 1 aromatic carbocycles. The Labute approximate surface area is 204 Å². The largest absolute Gasteiger partial charge is 0.462 e. The summed E-state index contributed by atoms with van der Waals surface area (Å²) < 4.78 is 34.9. The van der Waals surface area contributed by atoms with E-state index in [0.717, 1.165) is 0 Å². The molecule has 0 aliphatic carbocycles. The van der Waals surface area contributed by atoms with E-state index in [9.17, 15) is 29.5 Å². The number of hydrogen-bond donors (Lipinski definition) is 5. The van der Waals surface area contributed by atoms with Gasteiger partial charge in [-0.15, -0.1) is 0 Å². The molecule has 35 heavy (non-hydrogen) atoms. The van der Waals surface area contributed by atoms with Crippen LogP contribution in [-0.2, 0) is 28.2 Å². The van der Waals surface area contributed by atoms with Crippen LogP contribution in [0.5, 0.6) is 5.75 Å². The summed E-state index contributed by atoms with van der Waals surface area (Å²) in [6, 6.07) is 5.71.